The Morgan fingerprint density at radius 2 is 1.97 bits per heavy atom. The number of nitrogens with one attached hydrogen (secondary N) is 1. The lowest BCUT2D eigenvalue weighted by molar-refractivity contribution is 0.143. The van der Waals surface area contributed by atoms with Gasteiger partial charge in [-0.2, -0.15) is 4.98 Å². The van der Waals surface area contributed by atoms with Gasteiger partial charge in [-0.15, -0.1) is 0 Å². The third-order valence-electron chi connectivity index (χ3n) is 6.60. The molecule has 3 aliphatic rings. The van der Waals surface area contributed by atoms with E-state index in [1.54, 1.807) is 0 Å². The lowest BCUT2D eigenvalue weighted by Crippen LogP contribution is -2.49. The van der Waals surface area contributed by atoms with E-state index in [-0.39, 0.29) is 12.1 Å². The van der Waals surface area contributed by atoms with Gasteiger partial charge in [-0.05, 0) is 61.8 Å². The summed E-state index contributed by atoms with van der Waals surface area (Å²) in [4.78, 5) is 12.6. The average molecular weight is 459 g/mol. The molecule has 8 heteroatoms. The monoisotopic (exact) mass is 458 g/mol. The second-order valence-corrected chi connectivity index (χ2v) is 10.6. The Kier molecular flexibility index (Phi) is 5.75. The van der Waals surface area contributed by atoms with E-state index in [9.17, 15) is 9.32 Å². The number of halogens is 1. The van der Waals surface area contributed by atoms with Gasteiger partial charge in [0.1, 0.15) is 10.7 Å². The molecule has 0 spiro atoms. The van der Waals surface area contributed by atoms with Crippen LogP contribution in [0, 0.1) is 0 Å². The number of rotatable bonds is 5. The van der Waals surface area contributed by atoms with Crippen LogP contribution in [-0.2, 0) is 17.2 Å². The molecule has 1 fully saturated rings. The van der Waals surface area contributed by atoms with Crippen LogP contribution in [0.2, 0.25) is 5.02 Å². The van der Waals surface area contributed by atoms with E-state index in [1.807, 2.05) is 12.1 Å². The summed E-state index contributed by atoms with van der Waals surface area (Å²) in [5.74, 6) is 1.98. The Morgan fingerprint density at radius 1 is 1.16 bits per heavy atom. The highest BCUT2D eigenvalue weighted by molar-refractivity contribution is 7.85. The number of anilines is 2. The van der Waals surface area contributed by atoms with Crippen LogP contribution in [0.3, 0.4) is 0 Å². The van der Waals surface area contributed by atoms with E-state index in [1.165, 1.54) is 11.1 Å². The smallest absolute Gasteiger partial charge is 0.227 e. The van der Waals surface area contributed by atoms with Crippen LogP contribution in [0.5, 0.6) is 0 Å². The van der Waals surface area contributed by atoms with Crippen LogP contribution in [-0.4, -0.2) is 50.3 Å². The van der Waals surface area contributed by atoms with Gasteiger partial charge in [0, 0.05) is 23.9 Å². The van der Waals surface area contributed by atoms with E-state index in [4.69, 9.17) is 21.6 Å². The molecule has 0 bridgehead atoms. The molecule has 0 saturated heterocycles. The second-order valence-electron chi connectivity index (χ2n) is 8.65. The van der Waals surface area contributed by atoms with Crippen molar-refractivity contribution in [1.29, 1.82) is 0 Å². The first-order valence-corrected chi connectivity index (χ1v) is 12.6. The van der Waals surface area contributed by atoms with Crippen molar-refractivity contribution in [1.82, 2.24) is 9.97 Å². The molecule has 2 aromatic rings. The summed E-state index contributed by atoms with van der Waals surface area (Å²) in [5.41, 5.74) is 3.05. The Bertz CT molecular complexity index is 1030. The maximum Gasteiger partial charge on any atom is 0.227 e. The Hall–Kier alpha value is -1.96. The van der Waals surface area contributed by atoms with Crippen LogP contribution in [0.25, 0.3) is 5.57 Å². The number of aliphatic hydroxyl groups is 1. The normalized spacial score (nSPS) is 22.3. The molecule has 0 amide bonds. The second kappa shape index (κ2) is 8.52. The molecule has 31 heavy (non-hydrogen) atoms. The van der Waals surface area contributed by atoms with Crippen LogP contribution in [0.4, 0.5) is 11.8 Å². The fraction of sp³-hybridized carbons (Fsp3) is 0.478. The third kappa shape index (κ3) is 4.11. The minimum atomic E-state index is -1.10. The molecule has 164 valence electrons. The predicted molar refractivity (Wildman–Crippen MR) is 125 cm³/mol. The zero-order chi connectivity index (χ0) is 21.4. The predicted octanol–water partition coefficient (Wildman–Crippen LogP) is 3.80. The van der Waals surface area contributed by atoms with Crippen LogP contribution in [0.15, 0.2) is 35.2 Å². The van der Waals surface area contributed by atoms with E-state index >= 15 is 0 Å². The van der Waals surface area contributed by atoms with Gasteiger partial charge in [-0.25, -0.2) is 4.98 Å². The summed E-state index contributed by atoms with van der Waals surface area (Å²) in [6, 6.07) is 7.96. The number of aromatic nitrogens is 2. The van der Waals surface area contributed by atoms with E-state index in [0.29, 0.717) is 17.5 Å². The maximum absolute atomic E-state index is 12.8. The van der Waals surface area contributed by atoms with Crippen LogP contribution in [0.1, 0.15) is 43.4 Å². The zero-order valence-corrected chi connectivity index (χ0v) is 19.0. The molecule has 6 nitrogen and oxygen atoms in total. The molecule has 0 unspecified atom stereocenters. The van der Waals surface area contributed by atoms with Gasteiger partial charge in [-0.3, -0.25) is 4.21 Å². The van der Waals surface area contributed by atoms with Gasteiger partial charge < -0.3 is 15.3 Å². The van der Waals surface area contributed by atoms with Crippen molar-refractivity contribution in [3.63, 3.8) is 0 Å². The Labute approximate surface area is 190 Å². The van der Waals surface area contributed by atoms with Crippen molar-refractivity contribution in [3.8, 4) is 0 Å². The van der Waals surface area contributed by atoms with Gasteiger partial charge in [-0.1, -0.05) is 29.8 Å². The van der Waals surface area contributed by atoms with Crippen LogP contribution < -0.4 is 10.2 Å². The topological polar surface area (TPSA) is 78.4 Å². The summed E-state index contributed by atoms with van der Waals surface area (Å²) in [6.07, 6.45) is 7.71. The fourth-order valence-corrected chi connectivity index (χ4v) is 6.01. The number of aliphatic hydroxyl groups excluding tert-OH is 1. The highest BCUT2D eigenvalue weighted by atomic mass is 35.5. The minimum Gasteiger partial charge on any atom is -0.394 e. The summed E-state index contributed by atoms with van der Waals surface area (Å²) in [6.45, 7) is 1.61. The molecule has 1 aliphatic carbocycles. The molecule has 3 heterocycles. The minimum absolute atomic E-state index is 0.0602. The van der Waals surface area contributed by atoms with Crippen molar-refractivity contribution >= 4 is 39.7 Å². The number of nitrogens with zero attached hydrogens (tertiary/aromatic N) is 3. The summed E-state index contributed by atoms with van der Waals surface area (Å²) in [7, 11) is -1.10. The molecular weight excluding hydrogens is 432 g/mol. The van der Waals surface area contributed by atoms with Gasteiger partial charge in [0.2, 0.25) is 5.95 Å². The quantitative estimate of drug-likeness (QED) is 0.709. The molecule has 1 saturated carbocycles. The van der Waals surface area contributed by atoms with Gasteiger partial charge in [0.15, 0.2) is 0 Å². The van der Waals surface area contributed by atoms with Crippen molar-refractivity contribution in [3.05, 3.63) is 46.6 Å². The number of hydrogen-bond acceptors (Lipinski definition) is 6. The summed E-state index contributed by atoms with van der Waals surface area (Å²) < 4.78 is 12.8. The summed E-state index contributed by atoms with van der Waals surface area (Å²) >= 11 is 6.02. The Balaban J connectivity index is 1.44. The largest absolute Gasteiger partial charge is 0.394 e. The van der Waals surface area contributed by atoms with Crippen LogP contribution >= 0.6 is 11.6 Å². The molecule has 0 radical (unpaired) electrons. The lowest BCUT2D eigenvalue weighted by Gasteiger charge is -2.42. The van der Waals surface area contributed by atoms with E-state index in [0.717, 1.165) is 67.2 Å². The lowest BCUT2D eigenvalue weighted by atomic mass is 9.77. The standard InChI is InChI=1S/C23H27ClN4O2S/c24-18-6-4-16(5-7-18)17-8-12-28(13-9-17)22-25-19-3-1-14-31(30)20(19)21(26-22)27-23(15-29)10-2-11-23/h4-8,29H,1-3,9-15H2,(H,25,26,27)/t31-/m1/s1. The molecule has 1 aromatic carbocycles. The highest BCUT2D eigenvalue weighted by Gasteiger charge is 2.38. The van der Waals surface area contributed by atoms with Crippen molar-refractivity contribution < 1.29 is 9.32 Å². The fourth-order valence-electron chi connectivity index (χ4n) is 4.55. The third-order valence-corrected chi connectivity index (χ3v) is 8.39. The first-order valence-electron chi connectivity index (χ1n) is 11.0. The van der Waals surface area contributed by atoms with Gasteiger partial charge >= 0.3 is 0 Å². The zero-order valence-electron chi connectivity index (χ0n) is 17.4. The van der Waals surface area contributed by atoms with Gasteiger partial charge in [0.05, 0.1) is 28.6 Å². The van der Waals surface area contributed by atoms with E-state index < -0.39 is 10.8 Å². The van der Waals surface area contributed by atoms with Crippen molar-refractivity contribution in [2.24, 2.45) is 0 Å². The number of aryl methyl sites for hydroxylation is 1. The molecule has 1 aromatic heterocycles. The first kappa shape index (κ1) is 20.9. The molecule has 5 rings (SSSR count). The highest BCUT2D eigenvalue weighted by Crippen LogP contribution is 2.38. The van der Waals surface area contributed by atoms with Crippen molar-refractivity contribution in [2.45, 2.75) is 49.0 Å². The number of benzene rings is 1. The molecule has 1 atom stereocenters. The Morgan fingerprint density at radius 3 is 2.61 bits per heavy atom. The molecule has 2 N–H and O–H groups in total. The number of fused-ring (bicyclic) bond motifs is 1. The number of hydrogen-bond donors (Lipinski definition) is 2. The average Bonchev–Trinajstić information content (AvgIpc) is 2.77. The molecule has 2 aliphatic heterocycles. The maximum atomic E-state index is 12.8. The molecular formula is C23H27ClN4O2S. The SMILES string of the molecule is O=[S@@]1CCCc2nc(N3CC=C(c4ccc(Cl)cc4)CC3)nc(NC3(CO)CCC3)c21. The summed E-state index contributed by atoms with van der Waals surface area (Å²) in [5, 5.41) is 14.1. The first-order chi connectivity index (χ1) is 15.1. The van der Waals surface area contributed by atoms with Gasteiger partial charge in [0.25, 0.3) is 0 Å². The van der Waals surface area contributed by atoms with E-state index in [2.05, 4.69) is 28.4 Å². The van der Waals surface area contributed by atoms with Crippen molar-refractivity contribution in [2.75, 3.05) is 35.7 Å².